The Hall–Kier alpha value is -3.20. The van der Waals surface area contributed by atoms with Crippen LogP contribution >= 0.6 is 11.8 Å². The molecule has 1 heterocycles. The summed E-state index contributed by atoms with van der Waals surface area (Å²) in [7, 11) is 4.55. The van der Waals surface area contributed by atoms with Crippen LogP contribution < -0.4 is 25.1 Å². The zero-order valence-corrected chi connectivity index (χ0v) is 18.3. The van der Waals surface area contributed by atoms with Crippen molar-refractivity contribution >= 4 is 34.3 Å². The highest BCUT2D eigenvalue weighted by molar-refractivity contribution is 7.99. The molecule has 1 amide bonds. The Labute approximate surface area is 183 Å². The van der Waals surface area contributed by atoms with Gasteiger partial charge in [-0.15, -0.1) is 0 Å². The molecule has 1 saturated carbocycles. The third-order valence-electron chi connectivity index (χ3n) is 4.97. The minimum absolute atomic E-state index is 0.0550. The van der Waals surface area contributed by atoms with Gasteiger partial charge in [-0.25, -0.2) is 4.98 Å². The monoisotopic (exact) mass is 441 g/mol. The van der Waals surface area contributed by atoms with Crippen molar-refractivity contribution in [3.05, 3.63) is 46.8 Å². The lowest BCUT2D eigenvalue weighted by atomic mass is 10.2. The summed E-state index contributed by atoms with van der Waals surface area (Å²) >= 11 is 1.25. The van der Waals surface area contributed by atoms with Crippen LogP contribution in [-0.4, -0.2) is 42.5 Å². The van der Waals surface area contributed by atoms with Crippen molar-refractivity contribution < 1.29 is 19.0 Å². The number of hydrogen-bond acceptors (Lipinski definition) is 7. The summed E-state index contributed by atoms with van der Waals surface area (Å²) in [6, 6.07) is 10.8. The Balaban J connectivity index is 1.54. The van der Waals surface area contributed by atoms with Gasteiger partial charge in [-0.3, -0.25) is 14.2 Å². The molecular formula is C22H23N3O5S. The number of benzene rings is 2. The molecule has 3 aromatic rings. The van der Waals surface area contributed by atoms with E-state index in [9.17, 15) is 9.59 Å². The molecule has 0 aliphatic heterocycles. The lowest BCUT2D eigenvalue weighted by Crippen LogP contribution is -2.23. The molecule has 31 heavy (non-hydrogen) atoms. The first-order valence-electron chi connectivity index (χ1n) is 9.79. The van der Waals surface area contributed by atoms with Gasteiger partial charge in [0, 0.05) is 23.9 Å². The summed E-state index contributed by atoms with van der Waals surface area (Å²) in [6.45, 7) is 0. The molecule has 4 rings (SSSR count). The molecule has 0 radical (unpaired) electrons. The number of hydrogen-bond donors (Lipinski definition) is 1. The summed E-state index contributed by atoms with van der Waals surface area (Å²) in [6.07, 6.45) is 1.90. The number of rotatable bonds is 8. The highest BCUT2D eigenvalue weighted by Crippen LogP contribution is 2.40. The van der Waals surface area contributed by atoms with Gasteiger partial charge in [0.15, 0.2) is 16.7 Å². The number of methoxy groups -OCH3 is 3. The van der Waals surface area contributed by atoms with E-state index >= 15 is 0 Å². The number of thioether (sulfide) groups is 1. The number of nitrogens with zero attached hydrogens (tertiary/aromatic N) is 2. The Kier molecular flexibility index (Phi) is 6.03. The Morgan fingerprint density at radius 2 is 1.81 bits per heavy atom. The van der Waals surface area contributed by atoms with Crippen molar-refractivity contribution in [3.8, 4) is 17.2 Å². The van der Waals surface area contributed by atoms with Crippen LogP contribution in [0.5, 0.6) is 17.2 Å². The first kappa shape index (κ1) is 21.0. The fraction of sp³-hybridized carbons (Fsp3) is 0.318. The molecule has 2 aromatic carbocycles. The van der Waals surface area contributed by atoms with E-state index in [1.54, 1.807) is 22.8 Å². The molecule has 1 aromatic heterocycles. The van der Waals surface area contributed by atoms with Crippen LogP contribution in [0.1, 0.15) is 18.9 Å². The van der Waals surface area contributed by atoms with E-state index in [1.807, 2.05) is 18.2 Å². The third kappa shape index (κ3) is 4.32. The van der Waals surface area contributed by atoms with Gasteiger partial charge in [0.2, 0.25) is 11.7 Å². The molecule has 1 aliphatic rings. The Morgan fingerprint density at radius 3 is 2.42 bits per heavy atom. The molecule has 0 bridgehead atoms. The van der Waals surface area contributed by atoms with Crippen LogP contribution in [0, 0.1) is 0 Å². The molecule has 162 valence electrons. The fourth-order valence-electron chi connectivity index (χ4n) is 3.36. The SMILES string of the molecule is COc1cc(NC(=O)CSc2nc3ccccc3c(=O)n2C2CC2)cc(OC)c1OC. The van der Waals surface area contributed by atoms with Gasteiger partial charge < -0.3 is 19.5 Å². The molecule has 1 fully saturated rings. The van der Waals surface area contributed by atoms with Gasteiger partial charge in [0.05, 0.1) is 38.0 Å². The number of ether oxygens (including phenoxy) is 3. The first-order valence-corrected chi connectivity index (χ1v) is 10.8. The predicted octanol–water partition coefficient (Wildman–Crippen LogP) is 3.49. The number of nitrogens with one attached hydrogen (secondary N) is 1. The maximum absolute atomic E-state index is 12.9. The Bertz CT molecular complexity index is 1160. The van der Waals surface area contributed by atoms with Crippen molar-refractivity contribution in [1.29, 1.82) is 0 Å². The van der Waals surface area contributed by atoms with E-state index in [2.05, 4.69) is 10.3 Å². The van der Waals surface area contributed by atoms with Crippen LogP contribution in [0.25, 0.3) is 10.9 Å². The highest BCUT2D eigenvalue weighted by Gasteiger charge is 2.28. The van der Waals surface area contributed by atoms with Crippen molar-refractivity contribution in [2.75, 3.05) is 32.4 Å². The van der Waals surface area contributed by atoms with E-state index in [0.717, 1.165) is 12.8 Å². The minimum Gasteiger partial charge on any atom is -0.493 e. The largest absolute Gasteiger partial charge is 0.493 e. The molecule has 0 unspecified atom stereocenters. The van der Waals surface area contributed by atoms with Gasteiger partial charge in [0.1, 0.15) is 0 Å². The number of amides is 1. The second-order valence-electron chi connectivity index (χ2n) is 7.07. The van der Waals surface area contributed by atoms with E-state index in [4.69, 9.17) is 14.2 Å². The summed E-state index contributed by atoms with van der Waals surface area (Å²) in [5, 5.41) is 4.00. The van der Waals surface area contributed by atoms with Gasteiger partial charge in [0.25, 0.3) is 5.56 Å². The number of anilines is 1. The fourth-order valence-corrected chi connectivity index (χ4v) is 4.23. The van der Waals surface area contributed by atoms with Crippen molar-refractivity contribution in [3.63, 3.8) is 0 Å². The van der Waals surface area contributed by atoms with E-state index in [0.29, 0.717) is 39.0 Å². The number of carbonyl (C=O) groups is 1. The smallest absolute Gasteiger partial charge is 0.262 e. The first-order chi connectivity index (χ1) is 15.0. The normalized spacial score (nSPS) is 13.1. The topological polar surface area (TPSA) is 91.7 Å². The minimum atomic E-state index is -0.232. The Morgan fingerprint density at radius 1 is 1.13 bits per heavy atom. The second-order valence-corrected chi connectivity index (χ2v) is 8.01. The summed E-state index contributed by atoms with van der Waals surface area (Å²) in [5.74, 6) is 1.22. The number of carbonyl (C=O) groups excluding carboxylic acids is 1. The average molecular weight is 442 g/mol. The molecule has 0 atom stereocenters. The van der Waals surface area contributed by atoms with E-state index < -0.39 is 0 Å². The standard InChI is InChI=1S/C22H23N3O5S/c1-28-17-10-13(11-18(29-2)20(17)30-3)23-19(26)12-31-22-24-16-7-5-4-6-15(16)21(27)25(22)14-8-9-14/h4-7,10-11,14H,8-9,12H2,1-3H3,(H,23,26). The van der Waals surface area contributed by atoms with Crippen LogP contribution in [0.3, 0.4) is 0 Å². The lowest BCUT2D eigenvalue weighted by molar-refractivity contribution is -0.113. The predicted molar refractivity (Wildman–Crippen MR) is 120 cm³/mol. The summed E-state index contributed by atoms with van der Waals surface area (Å²) < 4.78 is 17.7. The maximum atomic E-state index is 12.9. The average Bonchev–Trinajstić information content (AvgIpc) is 3.62. The third-order valence-corrected chi connectivity index (χ3v) is 5.92. The number of para-hydroxylation sites is 1. The van der Waals surface area contributed by atoms with Gasteiger partial charge >= 0.3 is 0 Å². The van der Waals surface area contributed by atoms with Crippen molar-refractivity contribution in [2.45, 2.75) is 24.0 Å². The van der Waals surface area contributed by atoms with Gasteiger partial charge in [-0.1, -0.05) is 23.9 Å². The van der Waals surface area contributed by atoms with E-state index in [1.165, 1.54) is 33.1 Å². The quantitative estimate of drug-likeness (QED) is 0.423. The highest BCUT2D eigenvalue weighted by atomic mass is 32.2. The van der Waals surface area contributed by atoms with Gasteiger partial charge in [-0.05, 0) is 25.0 Å². The van der Waals surface area contributed by atoms with Gasteiger partial charge in [-0.2, -0.15) is 0 Å². The number of fused-ring (bicyclic) bond motifs is 1. The van der Waals surface area contributed by atoms with Crippen LogP contribution in [0.2, 0.25) is 0 Å². The van der Waals surface area contributed by atoms with Crippen molar-refractivity contribution in [2.24, 2.45) is 0 Å². The molecule has 1 aliphatic carbocycles. The zero-order chi connectivity index (χ0) is 22.0. The molecule has 1 N–H and O–H groups in total. The zero-order valence-electron chi connectivity index (χ0n) is 17.5. The second kappa shape index (κ2) is 8.89. The number of aromatic nitrogens is 2. The molecular weight excluding hydrogens is 418 g/mol. The maximum Gasteiger partial charge on any atom is 0.262 e. The summed E-state index contributed by atoms with van der Waals surface area (Å²) in [4.78, 5) is 30.2. The molecule has 8 nitrogen and oxygen atoms in total. The molecule has 0 spiro atoms. The van der Waals surface area contributed by atoms with Crippen LogP contribution in [-0.2, 0) is 4.79 Å². The molecule has 0 saturated heterocycles. The van der Waals surface area contributed by atoms with E-state index in [-0.39, 0.29) is 23.3 Å². The lowest BCUT2D eigenvalue weighted by Gasteiger charge is -2.15. The van der Waals surface area contributed by atoms with Crippen molar-refractivity contribution in [1.82, 2.24) is 9.55 Å². The molecule has 9 heteroatoms. The summed E-state index contributed by atoms with van der Waals surface area (Å²) in [5.41, 5.74) is 1.10. The van der Waals surface area contributed by atoms with Crippen LogP contribution in [0.4, 0.5) is 5.69 Å². The van der Waals surface area contributed by atoms with Crippen LogP contribution in [0.15, 0.2) is 46.3 Å².